The summed E-state index contributed by atoms with van der Waals surface area (Å²) in [4.78, 5) is 15.6. The predicted molar refractivity (Wildman–Crippen MR) is 123 cm³/mol. The maximum absolute atomic E-state index is 13.3. The van der Waals surface area contributed by atoms with Gasteiger partial charge in [0.05, 0.1) is 18.3 Å². The molecule has 4 nitrogen and oxygen atoms in total. The molecule has 0 spiro atoms. The third kappa shape index (κ3) is 4.49. The SMILES string of the molecule is Cc1ccc([C@H]2CC(c3ccc(C)cc3C)=NN2C(=O)CN2CCC(C)CC2)cc1. The van der Waals surface area contributed by atoms with Gasteiger partial charge in [0, 0.05) is 12.0 Å². The van der Waals surface area contributed by atoms with E-state index < -0.39 is 0 Å². The summed E-state index contributed by atoms with van der Waals surface area (Å²) < 4.78 is 0. The number of carbonyl (C=O) groups excluding carboxylic acids is 1. The van der Waals surface area contributed by atoms with Crippen LogP contribution in [0.4, 0.5) is 0 Å². The summed E-state index contributed by atoms with van der Waals surface area (Å²) in [6, 6.07) is 15.0. The molecule has 4 heteroatoms. The summed E-state index contributed by atoms with van der Waals surface area (Å²) in [6.07, 6.45) is 3.10. The zero-order valence-electron chi connectivity index (χ0n) is 18.7. The minimum absolute atomic E-state index is 0.0301. The molecule has 0 bridgehead atoms. The van der Waals surface area contributed by atoms with Crippen molar-refractivity contribution in [2.75, 3.05) is 19.6 Å². The van der Waals surface area contributed by atoms with Crippen molar-refractivity contribution >= 4 is 11.6 Å². The van der Waals surface area contributed by atoms with E-state index in [-0.39, 0.29) is 11.9 Å². The molecule has 0 aliphatic carbocycles. The minimum atomic E-state index is -0.0301. The summed E-state index contributed by atoms with van der Waals surface area (Å²) in [6.45, 7) is 11.1. The van der Waals surface area contributed by atoms with Gasteiger partial charge in [-0.15, -0.1) is 0 Å². The average molecular weight is 404 g/mol. The molecule has 2 aliphatic rings. The van der Waals surface area contributed by atoms with Gasteiger partial charge in [0.1, 0.15) is 0 Å². The third-order valence-corrected chi connectivity index (χ3v) is 6.56. The highest BCUT2D eigenvalue weighted by Crippen LogP contribution is 2.34. The Morgan fingerprint density at radius 1 is 1.00 bits per heavy atom. The average Bonchev–Trinajstić information content (AvgIpc) is 3.15. The Morgan fingerprint density at radius 3 is 2.33 bits per heavy atom. The first kappa shape index (κ1) is 20.8. The molecule has 1 fully saturated rings. The first-order chi connectivity index (χ1) is 14.4. The summed E-state index contributed by atoms with van der Waals surface area (Å²) in [5, 5.41) is 6.64. The lowest BCUT2D eigenvalue weighted by molar-refractivity contribution is -0.134. The van der Waals surface area contributed by atoms with E-state index in [9.17, 15) is 4.79 Å². The molecule has 1 amide bonds. The van der Waals surface area contributed by atoms with E-state index >= 15 is 0 Å². The van der Waals surface area contributed by atoms with Crippen molar-refractivity contribution in [3.05, 3.63) is 70.3 Å². The van der Waals surface area contributed by atoms with Crippen LogP contribution in [-0.4, -0.2) is 41.2 Å². The first-order valence-electron chi connectivity index (χ1n) is 11.2. The topological polar surface area (TPSA) is 35.9 Å². The van der Waals surface area contributed by atoms with Crippen LogP contribution < -0.4 is 0 Å². The van der Waals surface area contributed by atoms with E-state index in [1.165, 1.54) is 29.5 Å². The molecule has 30 heavy (non-hydrogen) atoms. The molecular formula is C26H33N3O. The number of piperidine rings is 1. The van der Waals surface area contributed by atoms with Crippen molar-refractivity contribution in [3.8, 4) is 0 Å². The highest BCUT2D eigenvalue weighted by Gasteiger charge is 2.34. The molecule has 158 valence electrons. The number of amides is 1. The van der Waals surface area contributed by atoms with E-state index in [1.54, 1.807) is 5.01 Å². The van der Waals surface area contributed by atoms with E-state index in [1.807, 2.05) is 0 Å². The molecule has 0 radical (unpaired) electrons. The number of carbonyl (C=O) groups is 1. The number of hydrogen-bond acceptors (Lipinski definition) is 3. The second-order valence-corrected chi connectivity index (χ2v) is 9.19. The number of benzene rings is 2. The van der Waals surface area contributed by atoms with Crippen molar-refractivity contribution in [3.63, 3.8) is 0 Å². The first-order valence-corrected chi connectivity index (χ1v) is 11.2. The Morgan fingerprint density at radius 2 is 1.67 bits per heavy atom. The predicted octanol–water partition coefficient (Wildman–Crippen LogP) is 5.02. The summed E-state index contributed by atoms with van der Waals surface area (Å²) in [5.41, 5.74) is 7.02. The van der Waals surface area contributed by atoms with Crippen LogP contribution in [0, 0.1) is 26.7 Å². The highest BCUT2D eigenvalue weighted by atomic mass is 16.2. The van der Waals surface area contributed by atoms with Gasteiger partial charge in [-0.2, -0.15) is 5.10 Å². The molecule has 0 unspecified atom stereocenters. The van der Waals surface area contributed by atoms with E-state index in [2.05, 4.69) is 75.1 Å². The summed E-state index contributed by atoms with van der Waals surface area (Å²) in [5.74, 6) is 0.868. The third-order valence-electron chi connectivity index (χ3n) is 6.56. The van der Waals surface area contributed by atoms with Crippen molar-refractivity contribution in [1.82, 2.24) is 9.91 Å². The molecule has 4 rings (SSSR count). The van der Waals surface area contributed by atoms with Gasteiger partial charge in [0.15, 0.2) is 0 Å². The standard InChI is InChI=1S/C26H33N3O/c1-18-5-8-22(9-6-18)25-16-24(23-10-7-20(3)15-21(23)4)27-29(25)26(30)17-28-13-11-19(2)12-14-28/h5-10,15,19,25H,11-14,16-17H2,1-4H3/t25-/m1/s1. The number of likely N-dealkylation sites (tertiary alicyclic amines) is 1. The van der Waals surface area contributed by atoms with Crippen molar-refractivity contribution in [2.45, 2.75) is 53.0 Å². The zero-order chi connectivity index (χ0) is 21.3. The smallest absolute Gasteiger partial charge is 0.257 e. The number of aryl methyl sites for hydroxylation is 3. The van der Waals surface area contributed by atoms with E-state index in [0.29, 0.717) is 6.54 Å². The van der Waals surface area contributed by atoms with E-state index in [4.69, 9.17) is 5.10 Å². The normalized spacial score (nSPS) is 20.5. The molecule has 0 N–H and O–H groups in total. The number of hydrazone groups is 1. The lowest BCUT2D eigenvalue weighted by Crippen LogP contribution is -2.41. The lowest BCUT2D eigenvalue weighted by atomic mass is 9.95. The zero-order valence-corrected chi connectivity index (χ0v) is 18.7. The number of hydrogen-bond donors (Lipinski definition) is 0. The molecule has 1 saturated heterocycles. The van der Waals surface area contributed by atoms with Crippen LogP contribution in [0.15, 0.2) is 47.6 Å². The van der Waals surface area contributed by atoms with Crippen LogP contribution >= 0.6 is 0 Å². The van der Waals surface area contributed by atoms with Crippen LogP contribution in [-0.2, 0) is 4.79 Å². The van der Waals surface area contributed by atoms with Crippen LogP contribution in [0.25, 0.3) is 0 Å². The molecule has 2 heterocycles. The van der Waals surface area contributed by atoms with Gasteiger partial charge in [-0.25, -0.2) is 5.01 Å². The Balaban J connectivity index is 1.60. The van der Waals surface area contributed by atoms with Crippen LogP contribution in [0.5, 0.6) is 0 Å². The van der Waals surface area contributed by atoms with Crippen LogP contribution in [0.1, 0.15) is 60.0 Å². The highest BCUT2D eigenvalue weighted by molar-refractivity contribution is 6.04. The Labute approximate surface area is 180 Å². The molecule has 0 saturated carbocycles. The number of nitrogens with zero attached hydrogens (tertiary/aromatic N) is 3. The molecule has 2 aromatic rings. The van der Waals surface area contributed by atoms with Gasteiger partial charge in [-0.3, -0.25) is 9.69 Å². The molecule has 0 aromatic heterocycles. The second-order valence-electron chi connectivity index (χ2n) is 9.19. The molecule has 1 atom stereocenters. The quantitative estimate of drug-likeness (QED) is 0.718. The van der Waals surface area contributed by atoms with Gasteiger partial charge < -0.3 is 0 Å². The minimum Gasteiger partial charge on any atom is -0.294 e. The van der Waals surface area contributed by atoms with Crippen LogP contribution in [0.3, 0.4) is 0 Å². The molecule has 2 aromatic carbocycles. The fraction of sp³-hybridized carbons (Fsp3) is 0.462. The largest absolute Gasteiger partial charge is 0.294 e. The van der Waals surface area contributed by atoms with Gasteiger partial charge in [0.25, 0.3) is 5.91 Å². The van der Waals surface area contributed by atoms with Crippen LogP contribution in [0.2, 0.25) is 0 Å². The van der Waals surface area contributed by atoms with E-state index in [0.717, 1.165) is 42.3 Å². The maximum atomic E-state index is 13.3. The summed E-state index contributed by atoms with van der Waals surface area (Å²) in [7, 11) is 0. The fourth-order valence-corrected chi connectivity index (χ4v) is 4.57. The molecule has 2 aliphatic heterocycles. The Hall–Kier alpha value is -2.46. The molecular weight excluding hydrogens is 370 g/mol. The van der Waals surface area contributed by atoms with Gasteiger partial charge in [0.2, 0.25) is 0 Å². The second kappa shape index (κ2) is 8.73. The number of rotatable bonds is 4. The van der Waals surface area contributed by atoms with Gasteiger partial charge in [-0.1, -0.05) is 60.5 Å². The van der Waals surface area contributed by atoms with Gasteiger partial charge in [-0.05, 0) is 63.7 Å². The lowest BCUT2D eigenvalue weighted by Gasteiger charge is -2.31. The Kier molecular flexibility index (Phi) is 6.05. The fourth-order valence-electron chi connectivity index (χ4n) is 4.57. The van der Waals surface area contributed by atoms with Gasteiger partial charge >= 0.3 is 0 Å². The van der Waals surface area contributed by atoms with Crippen molar-refractivity contribution < 1.29 is 4.79 Å². The van der Waals surface area contributed by atoms with Crippen molar-refractivity contribution in [1.29, 1.82) is 0 Å². The monoisotopic (exact) mass is 403 g/mol. The maximum Gasteiger partial charge on any atom is 0.257 e. The van der Waals surface area contributed by atoms with Crippen molar-refractivity contribution in [2.24, 2.45) is 11.0 Å². The summed E-state index contributed by atoms with van der Waals surface area (Å²) >= 11 is 0. The Bertz CT molecular complexity index is 939.